The standard InChI is InChI=1S/C14H11Cl2NO2S/c15-9-4-5-10(16)12(6-9)20-7-8-2-1-3-11(17)13(8)14(18)19/h1-6H,7,17H2,(H,18,19). The molecule has 6 heteroatoms. The summed E-state index contributed by atoms with van der Waals surface area (Å²) in [7, 11) is 0. The fourth-order valence-electron chi connectivity index (χ4n) is 1.74. The topological polar surface area (TPSA) is 63.3 Å². The van der Waals surface area contributed by atoms with Crippen LogP contribution >= 0.6 is 35.0 Å². The van der Waals surface area contributed by atoms with E-state index in [1.165, 1.54) is 11.8 Å². The van der Waals surface area contributed by atoms with Crippen LogP contribution in [0, 0.1) is 0 Å². The zero-order chi connectivity index (χ0) is 14.7. The van der Waals surface area contributed by atoms with Crippen molar-refractivity contribution in [1.82, 2.24) is 0 Å². The van der Waals surface area contributed by atoms with E-state index >= 15 is 0 Å². The molecule has 0 radical (unpaired) electrons. The Morgan fingerprint density at radius 1 is 1.25 bits per heavy atom. The molecule has 104 valence electrons. The van der Waals surface area contributed by atoms with Crippen molar-refractivity contribution >= 4 is 46.6 Å². The van der Waals surface area contributed by atoms with Crippen LogP contribution in [0.1, 0.15) is 15.9 Å². The first kappa shape index (κ1) is 15.0. The minimum Gasteiger partial charge on any atom is -0.478 e. The lowest BCUT2D eigenvalue weighted by Gasteiger charge is -2.09. The number of thioether (sulfide) groups is 1. The van der Waals surface area contributed by atoms with E-state index in [1.54, 1.807) is 36.4 Å². The summed E-state index contributed by atoms with van der Waals surface area (Å²) in [5.41, 5.74) is 6.75. The van der Waals surface area contributed by atoms with Crippen molar-refractivity contribution in [1.29, 1.82) is 0 Å². The van der Waals surface area contributed by atoms with Gasteiger partial charge >= 0.3 is 5.97 Å². The summed E-state index contributed by atoms with van der Waals surface area (Å²) >= 11 is 13.4. The second kappa shape index (κ2) is 6.39. The molecule has 0 aliphatic heterocycles. The first-order valence-corrected chi connectivity index (χ1v) is 7.41. The van der Waals surface area contributed by atoms with Crippen LogP contribution in [0.2, 0.25) is 10.0 Å². The molecule has 3 N–H and O–H groups in total. The minimum absolute atomic E-state index is 0.137. The lowest BCUT2D eigenvalue weighted by molar-refractivity contribution is 0.0697. The van der Waals surface area contributed by atoms with Gasteiger partial charge in [0.05, 0.1) is 10.6 Å². The molecule has 0 saturated heterocycles. The maximum absolute atomic E-state index is 11.2. The number of carbonyl (C=O) groups is 1. The third-order valence-corrected chi connectivity index (χ3v) is 4.45. The van der Waals surface area contributed by atoms with Crippen molar-refractivity contribution in [3.63, 3.8) is 0 Å². The summed E-state index contributed by atoms with van der Waals surface area (Å²) in [5.74, 6) is -0.580. The molecule has 0 aliphatic rings. The van der Waals surface area contributed by atoms with Gasteiger partial charge < -0.3 is 10.8 Å². The number of hydrogen-bond donors (Lipinski definition) is 2. The number of nitrogen functional groups attached to an aromatic ring is 1. The molecule has 0 aromatic heterocycles. The van der Waals surface area contributed by atoms with E-state index in [9.17, 15) is 9.90 Å². The number of rotatable bonds is 4. The average molecular weight is 328 g/mol. The van der Waals surface area contributed by atoms with Crippen LogP contribution in [0.25, 0.3) is 0 Å². The largest absolute Gasteiger partial charge is 0.478 e. The quantitative estimate of drug-likeness (QED) is 0.638. The normalized spacial score (nSPS) is 10.5. The highest BCUT2D eigenvalue weighted by molar-refractivity contribution is 7.98. The molecule has 3 nitrogen and oxygen atoms in total. The summed E-state index contributed by atoms with van der Waals surface area (Å²) < 4.78 is 0. The molecular formula is C14H11Cl2NO2S. The SMILES string of the molecule is Nc1cccc(CSc2cc(Cl)ccc2Cl)c1C(=O)O. The number of carboxylic acid groups (broad SMARTS) is 1. The summed E-state index contributed by atoms with van der Waals surface area (Å²) in [6.45, 7) is 0. The van der Waals surface area contributed by atoms with E-state index in [0.717, 1.165) is 4.90 Å². The Balaban J connectivity index is 2.25. The second-order valence-electron chi connectivity index (χ2n) is 4.05. The lowest BCUT2D eigenvalue weighted by Crippen LogP contribution is -2.06. The van der Waals surface area contributed by atoms with Gasteiger partial charge in [0.1, 0.15) is 0 Å². The first-order chi connectivity index (χ1) is 9.49. The van der Waals surface area contributed by atoms with Crippen LogP contribution in [0.4, 0.5) is 5.69 Å². The van der Waals surface area contributed by atoms with Crippen LogP contribution < -0.4 is 5.73 Å². The zero-order valence-corrected chi connectivity index (χ0v) is 12.6. The summed E-state index contributed by atoms with van der Waals surface area (Å²) in [4.78, 5) is 12.0. The van der Waals surface area contributed by atoms with Crippen LogP contribution in [0.5, 0.6) is 0 Å². The predicted molar refractivity (Wildman–Crippen MR) is 83.8 cm³/mol. The van der Waals surface area contributed by atoms with Gasteiger partial charge in [-0.15, -0.1) is 11.8 Å². The molecule has 0 unspecified atom stereocenters. The highest BCUT2D eigenvalue weighted by Crippen LogP contribution is 2.33. The van der Waals surface area contributed by atoms with Crippen molar-refractivity contribution < 1.29 is 9.90 Å². The third-order valence-electron chi connectivity index (χ3n) is 2.67. The number of hydrogen-bond acceptors (Lipinski definition) is 3. The Bertz CT molecular complexity index is 662. The van der Waals surface area contributed by atoms with E-state index in [4.69, 9.17) is 28.9 Å². The Morgan fingerprint density at radius 2 is 2.00 bits per heavy atom. The number of nitrogens with two attached hydrogens (primary N) is 1. The van der Waals surface area contributed by atoms with Gasteiger partial charge in [0, 0.05) is 21.4 Å². The van der Waals surface area contributed by atoms with Gasteiger partial charge in [-0.05, 0) is 29.8 Å². The van der Waals surface area contributed by atoms with Gasteiger partial charge in [0.15, 0.2) is 0 Å². The van der Waals surface area contributed by atoms with Gasteiger partial charge in [-0.1, -0.05) is 35.3 Å². The summed E-state index contributed by atoms with van der Waals surface area (Å²) in [6, 6.07) is 10.2. The van der Waals surface area contributed by atoms with E-state index in [2.05, 4.69) is 0 Å². The number of anilines is 1. The predicted octanol–water partition coefficient (Wildman–Crippen LogP) is 4.57. The van der Waals surface area contributed by atoms with Crippen molar-refractivity contribution in [2.45, 2.75) is 10.6 Å². The van der Waals surface area contributed by atoms with Crippen LogP contribution in [0.15, 0.2) is 41.3 Å². The van der Waals surface area contributed by atoms with Crippen LogP contribution in [-0.4, -0.2) is 11.1 Å². The Kier molecular flexibility index (Phi) is 4.81. The fourth-order valence-corrected chi connectivity index (χ4v) is 3.23. The summed E-state index contributed by atoms with van der Waals surface area (Å²) in [6.07, 6.45) is 0. The molecule has 0 bridgehead atoms. The first-order valence-electron chi connectivity index (χ1n) is 5.67. The minimum atomic E-state index is -1.03. The number of benzene rings is 2. The van der Waals surface area contributed by atoms with Crippen LogP contribution in [0.3, 0.4) is 0 Å². The molecular weight excluding hydrogens is 317 g/mol. The molecule has 0 fully saturated rings. The van der Waals surface area contributed by atoms with Crippen molar-refractivity contribution in [2.24, 2.45) is 0 Å². The molecule has 0 aliphatic carbocycles. The van der Waals surface area contributed by atoms with E-state index in [1.807, 2.05) is 0 Å². The Hall–Kier alpha value is -1.36. The van der Waals surface area contributed by atoms with Gasteiger partial charge in [0.25, 0.3) is 0 Å². The lowest BCUT2D eigenvalue weighted by atomic mass is 10.1. The van der Waals surface area contributed by atoms with Crippen molar-refractivity contribution in [3.05, 3.63) is 57.6 Å². The van der Waals surface area contributed by atoms with Crippen molar-refractivity contribution in [3.8, 4) is 0 Å². The Labute approximate surface area is 130 Å². The average Bonchev–Trinajstić information content (AvgIpc) is 2.39. The van der Waals surface area contributed by atoms with Gasteiger partial charge in [-0.2, -0.15) is 0 Å². The molecule has 2 aromatic rings. The van der Waals surface area contributed by atoms with Gasteiger partial charge in [-0.3, -0.25) is 0 Å². The Morgan fingerprint density at radius 3 is 2.70 bits per heavy atom. The smallest absolute Gasteiger partial charge is 0.338 e. The number of halogens is 2. The molecule has 0 amide bonds. The highest BCUT2D eigenvalue weighted by Gasteiger charge is 2.14. The molecule has 2 rings (SSSR count). The molecule has 0 atom stereocenters. The maximum atomic E-state index is 11.2. The van der Waals surface area contributed by atoms with E-state index in [0.29, 0.717) is 21.4 Å². The molecule has 2 aromatic carbocycles. The van der Waals surface area contributed by atoms with Crippen molar-refractivity contribution in [2.75, 3.05) is 5.73 Å². The molecule has 0 spiro atoms. The van der Waals surface area contributed by atoms with Gasteiger partial charge in [-0.25, -0.2) is 4.79 Å². The number of aromatic carboxylic acids is 1. The van der Waals surface area contributed by atoms with E-state index < -0.39 is 5.97 Å². The monoisotopic (exact) mass is 327 g/mol. The summed E-state index contributed by atoms with van der Waals surface area (Å²) in [5, 5.41) is 10.4. The molecule has 20 heavy (non-hydrogen) atoms. The third kappa shape index (κ3) is 3.39. The van der Waals surface area contributed by atoms with Gasteiger partial charge in [0.2, 0.25) is 0 Å². The van der Waals surface area contributed by atoms with Crippen LogP contribution in [-0.2, 0) is 5.75 Å². The maximum Gasteiger partial charge on any atom is 0.338 e. The second-order valence-corrected chi connectivity index (χ2v) is 5.91. The molecule has 0 heterocycles. The number of carboxylic acids is 1. The van der Waals surface area contributed by atoms with E-state index in [-0.39, 0.29) is 11.3 Å². The fraction of sp³-hybridized carbons (Fsp3) is 0.0714. The highest BCUT2D eigenvalue weighted by atomic mass is 35.5. The zero-order valence-electron chi connectivity index (χ0n) is 10.3. The molecule has 0 saturated carbocycles.